The van der Waals surface area contributed by atoms with Crippen LogP contribution in [-0.4, -0.2) is 16.0 Å². The topological polar surface area (TPSA) is 47.0 Å². The summed E-state index contributed by atoms with van der Waals surface area (Å²) in [6, 6.07) is 8.24. The van der Waals surface area contributed by atoms with E-state index in [-0.39, 0.29) is 0 Å². The van der Waals surface area contributed by atoms with Crippen LogP contribution >= 0.6 is 11.5 Å². The van der Waals surface area contributed by atoms with Crippen molar-refractivity contribution in [3.63, 3.8) is 0 Å². The average Bonchev–Trinajstić information content (AvgIpc) is 3.19. The number of nitrogens with one attached hydrogen (secondary N) is 1. The van der Waals surface area contributed by atoms with E-state index in [1.807, 2.05) is 19.1 Å². The first-order chi connectivity index (χ1) is 9.35. The quantitative estimate of drug-likeness (QED) is 0.873. The smallest absolute Gasteiger partial charge is 0.207 e. The summed E-state index contributed by atoms with van der Waals surface area (Å²) >= 11 is 1.43. The Morgan fingerprint density at radius 3 is 2.79 bits per heavy atom. The maximum Gasteiger partial charge on any atom is 0.207 e. The molecular weight excluding hydrogens is 258 g/mol. The maximum atomic E-state index is 5.37. The van der Waals surface area contributed by atoms with Gasteiger partial charge in [0.1, 0.15) is 5.82 Å². The van der Waals surface area contributed by atoms with Gasteiger partial charge in [0.15, 0.2) is 0 Å². The first-order valence-electron chi connectivity index (χ1n) is 6.62. The molecule has 1 aliphatic rings. The number of ether oxygens (including phenoxy) is 1. The molecule has 0 amide bonds. The summed E-state index contributed by atoms with van der Waals surface area (Å²) in [4.78, 5) is 4.51. The van der Waals surface area contributed by atoms with Crippen molar-refractivity contribution in [1.82, 2.24) is 9.36 Å². The van der Waals surface area contributed by atoms with E-state index in [1.54, 1.807) is 0 Å². The van der Waals surface area contributed by atoms with E-state index in [2.05, 4.69) is 26.8 Å². The van der Waals surface area contributed by atoms with Gasteiger partial charge in [0.05, 0.1) is 6.61 Å². The highest BCUT2D eigenvalue weighted by Gasteiger charge is 2.27. The number of nitrogens with zero attached hydrogens (tertiary/aromatic N) is 2. The van der Waals surface area contributed by atoms with Crippen molar-refractivity contribution >= 4 is 22.4 Å². The molecule has 4 nitrogen and oxygen atoms in total. The van der Waals surface area contributed by atoms with Crippen LogP contribution in [0.4, 0.5) is 10.8 Å². The zero-order chi connectivity index (χ0) is 13.1. The third-order valence-corrected chi connectivity index (χ3v) is 3.71. The largest absolute Gasteiger partial charge is 0.377 e. The minimum atomic E-state index is 0.611. The molecule has 3 rings (SSSR count). The second kappa shape index (κ2) is 5.67. The number of anilines is 2. The van der Waals surface area contributed by atoms with Crippen molar-refractivity contribution in [3.8, 4) is 0 Å². The summed E-state index contributed by atoms with van der Waals surface area (Å²) < 4.78 is 9.75. The second-order valence-electron chi connectivity index (χ2n) is 4.69. The van der Waals surface area contributed by atoms with E-state index in [0.717, 1.165) is 23.3 Å². The molecule has 100 valence electrons. The van der Waals surface area contributed by atoms with Crippen molar-refractivity contribution < 1.29 is 4.74 Å². The third-order valence-electron chi connectivity index (χ3n) is 3.06. The van der Waals surface area contributed by atoms with Gasteiger partial charge in [0.2, 0.25) is 5.13 Å². The summed E-state index contributed by atoms with van der Waals surface area (Å²) in [7, 11) is 0. The molecule has 0 saturated heterocycles. The molecule has 19 heavy (non-hydrogen) atoms. The molecule has 0 bridgehead atoms. The predicted octanol–water partition coefficient (Wildman–Crippen LogP) is 3.70. The van der Waals surface area contributed by atoms with Gasteiger partial charge in [0, 0.05) is 29.7 Å². The van der Waals surface area contributed by atoms with Crippen molar-refractivity contribution in [3.05, 3.63) is 35.7 Å². The zero-order valence-electron chi connectivity index (χ0n) is 10.9. The molecule has 5 heteroatoms. The predicted molar refractivity (Wildman–Crippen MR) is 76.9 cm³/mol. The molecule has 2 aromatic rings. The van der Waals surface area contributed by atoms with Crippen molar-refractivity contribution in [2.75, 3.05) is 11.9 Å². The fourth-order valence-electron chi connectivity index (χ4n) is 1.82. The standard InChI is InChI=1S/C14H17N3OS/c1-2-18-9-10-3-7-12(8-4-10)15-14-16-13(17-19-14)11-5-6-11/h3-4,7-8,11H,2,5-6,9H2,1H3,(H,15,16,17). The van der Waals surface area contributed by atoms with Crippen LogP contribution in [0.15, 0.2) is 24.3 Å². The van der Waals surface area contributed by atoms with Gasteiger partial charge in [-0.2, -0.15) is 4.37 Å². The molecule has 1 N–H and O–H groups in total. The lowest BCUT2D eigenvalue weighted by molar-refractivity contribution is 0.134. The van der Waals surface area contributed by atoms with Crippen LogP contribution in [0.1, 0.15) is 37.1 Å². The summed E-state index contributed by atoms with van der Waals surface area (Å²) in [5, 5.41) is 4.17. The summed E-state index contributed by atoms with van der Waals surface area (Å²) in [5.74, 6) is 1.61. The van der Waals surface area contributed by atoms with Gasteiger partial charge < -0.3 is 10.1 Å². The molecule has 0 radical (unpaired) electrons. The maximum absolute atomic E-state index is 5.37. The van der Waals surface area contributed by atoms with Gasteiger partial charge in [0.25, 0.3) is 0 Å². The Labute approximate surface area is 117 Å². The average molecular weight is 275 g/mol. The minimum absolute atomic E-state index is 0.611. The van der Waals surface area contributed by atoms with Gasteiger partial charge in [-0.25, -0.2) is 4.98 Å². The Morgan fingerprint density at radius 1 is 1.32 bits per heavy atom. The normalized spacial score (nSPS) is 14.6. The fraction of sp³-hybridized carbons (Fsp3) is 0.429. The Kier molecular flexibility index (Phi) is 3.75. The van der Waals surface area contributed by atoms with E-state index < -0.39 is 0 Å². The lowest BCUT2D eigenvalue weighted by atomic mass is 10.2. The molecule has 1 saturated carbocycles. The van der Waals surface area contributed by atoms with Crippen molar-refractivity contribution in [2.45, 2.75) is 32.3 Å². The first kappa shape index (κ1) is 12.6. The van der Waals surface area contributed by atoms with Gasteiger partial charge in [-0.15, -0.1) is 0 Å². The first-order valence-corrected chi connectivity index (χ1v) is 7.40. The highest BCUT2D eigenvalue weighted by atomic mass is 32.1. The highest BCUT2D eigenvalue weighted by Crippen LogP contribution is 2.39. The number of hydrogen-bond donors (Lipinski definition) is 1. The number of aromatic nitrogens is 2. The molecule has 1 aliphatic carbocycles. The highest BCUT2D eigenvalue weighted by molar-refractivity contribution is 7.09. The van der Waals surface area contributed by atoms with Gasteiger partial charge in [-0.05, 0) is 37.5 Å². The lowest BCUT2D eigenvalue weighted by Gasteiger charge is -2.04. The zero-order valence-corrected chi connectivity index (χ0v) is 11.7. The van der Waals surface area contributed by atoms with Crippen LogP contribution in [0.3, 0.4) is 0 Å². The Hall–Kier alpha value is -1.46. The van der Waals surface area contributed by atoms with Crippen LogP contribution in [0.2, 0.25) is 0 Å². The third kappa shape index (κ3) is 3.30. The van der Waals surface area contributed by atoms with Gasteiger partial charge in [-0.1, -0.05) is 12.1 Å². The van der Waals surface area contributed by atoms with Crippen LogP contribution in [0.5, 0.6) is 0 Å². The monoisotopic (exact) mass is 275 g/mol. The van der Waals surface area contributed by atoms with Crippen molar-refractivity contribution in [1.29, 1.82) is 0 Å². The second-order valence-corrected chi connectivity index (χ2v) is 5.44. The molecule has 0 atom stereocenters. The van der Waals surface area contributed by atoms with Crippen molar-refractivity contribution in [2.24, 2.45) is 0 Å². The van der Waals surface area contributed by atoms with Gasteiger partial charge in [-0.3, -0.25) is 0 Å². The lowest BCUT2D eigenvalue weighted by Crippen LogP contribution is -1.93. The van der Waals surface area contributed by atoms with E-state index >= 15 is 0 Å². The number of rotatable bonds is 6. The fourth-order valence-corrected chi connectivity index (χ4v) is 2.49. The van der Waals surface area contributed by atoms with E-state index in [9.17, 15) is 0 Å². The number of hydrogen-bond acceptors (Lipinski definition) is 5. The molecule has 1 aromatic carbocycles. The SMILES string of the molecule is CCOCc1ccc(Nc2nc(C3CC3)ns2)cc1. The summed E-state index contributed by atoms with van der Waals surface area (Å²) in [6.45, 7) is 3.42. The molecule has 0 aliphatic heterocycles. The molecular formula is C14H17N3OS. The Balaban J connectivity index is 1.61. The minimum Gasteiger partial charge on any atom is -0.377 e. The van der Waals surface area contributed by atoms with Crippen LogP contribution in [0.25, 0.3) is 0 Å². The summed E-state index contributed by atoms with van der Waals surface area (Å²) in [5.41, 5.74) is 2.22. The van der Waals surface area contributed by atoms with E-state index in [4.69, 9.17) is 4.74 Å². The molecule has 1 fully saturated rings. The van der Waals surface area contributed by atoms with Gasteiger partial charge >= 0.3 is 0 Å². The van der Waals surface area contributed by atoms with Crippen LogP contribution in [0, 0.1) is 0 Å². The number of benzene rings is 1. The van der Waals surface area contributed by atoms with Crippen LogP contribution in [-0.2, 0) is 11.3 Å². The molecule has 1 heterocycles. The summed E-state index contributed by atoms with van der Waals surface area (Å²) in [6.07, 6.45) is 2.48. The Morgan fingerprint density at radius 2 is 2.11 bits per heavy atom. The molecule has 1 aromatic heterocycles. The van der Waals surface area contributed by atoms with Crippen LogP contribution < -0.4 is 5.32 Å². The molecule has 0 unspecified atom stereocenters. The van der Waals surface area contributed by atoms with E-state index in [0.29, 0.717) is 12.5 Å². The van der Waals surface area contributed by atoms with E-state index in [1.165, 1.54) is 29.9 Å². The molecule has 0 spiro atoms. The Bertz CT molecular complexity index is 534.